The van der Waals surface area contributed by atoms with Crippen molar-refractivity contribution in [1.82, 2.24) is 25.9 Å². The van der Waals surface area contributed by atoms with Crippen molar-refractivity contribution in [3.8, 4) is 5.69 Å². The van der Waals surface area contributed by atoms with E-state index >= 15 is 0 Å². The molecule has 0 atom stereocenters. The quantitative estimate of drug-likeness (QED) is 0.532. The molecule has 31 heavy (non-hydrogen) atoms. The van der Waals surface area contributed by atoms with Gasteiger partial charge in [-0.3, -0.25) is 25.2 Å². The van der Waals surface area contributed by atoms with Gasteiger partial charge in [-0.25, -0.2) is 4.68 Å². The predicted molar refractivity (Wildman–Crippen MR) is 119 cm³/mol. The Hall–Kier alpha value is -3.20. The topological polar surface area (TPSA) is 105 Å². The van der Waals surface area contributed by atoms with E-state index in [9.17, 15) is 14.4 Å². The first kappa shape index (κ1) is 21.0. The lowest BCUT2D eigenvalue weighted by atomic mass is 9.89. The molecule has 0 radical (unpaired) electrons. The van der Waals surface area contributed by atoms with Crippen molar-refractivity contribution in [2.24, 2.45) is 5.92 Å². The molecule has 4 rings (SSSR count). The number of thiophene rings is 1. The average molecular weight is 440 g/mol. The van der Waals surface area contributed by atoms with Crippen LogP contribution in [0.1, 0.15) is 47.5 Å². The number of hydrazine groups is 1. The number of aromatic nitrogens is 2. The van der Waals surface area contributed by atoms with Crippen LogP contribution in [0.15, 0.2) is 36.4 Å². The summed E-state index contributed by atoms with van der Waals surface area (Å²) in [5.41, 5.74) is 6.53. The summed E-state index contributed by atoms with van der Waals surface area (Å²) in [6, 6.07) is 11.5. The van der Waals surface area contributed by atoms with Crippen molar-refractivity contribution in [2.75, 3.05) is 6.54 Å². The van der Waals surface area contributed by atoms with Crippen molar-refractivity contribution in [2.45, 2.75) is 39.0 Å². The molecule has 9 heteroatoms. The summed E-state index contributed by atoms with van der Waals surface area (Å²) < 4.78 is 1.81. The first-order valence-electron chi connectivity index (χ1n) is 10.4. The number of aryl methyl sites for hydroxylation is 1. The molecular formula is C22H25N5O3S. The minimum Gasteiger partial charge on any atom is -0.347 e. The molecule has 3 aromatic rings. The molecule has 1 saturated carbocycles. The van der Waals surface area contributed by atoms with Crippen LogP contribution in [0, 0.1) is 12.8 Å². The van der Waals surface area contributed by atoms with E-state index in [0.29, 0.717) is 4.88 Å². The fourth-order valence-corrected chi connectivity index (χ4v) is 4.89. The average Bonchev–Trinajstić information content (AvgIpc) is 3.37. The fourth-order valence-electron chi connectivity index (χ4n) is 3.81. The van der Waals surface area contributed by atoms with Crippen LogP contribution in [0.4, 0.5) is 0 Å². The van der Waals surface area contributed by atoms with Crippen LogP contribution >= 0.6 is 11.3 Å². The highest BCUT2D eigenvalue weighted by atomic mass is 32.1. The van der Waals surface area contributed by atoms with Gasteiger partial charge in [0.15, 0.2) is 0 Å². The number of para-hydroxylation sites is 1. The van der Waals surface area contributed by atoms with Crippen LogP contribution in [0.3, 0.4) is 0 Å². The zero-order chi connectivity index (χ0) is 21.8. The van der Waals surface area contributed by atoms with Gasteiger partial charge in [0.1, 0.15) is 4.83 Å². The van der Waals surface area contributed by atoms with Crippen LogP contribution in [0.5, 0.6) is 0 Å². The highest BCUT2D eigenvalue weighted by Gasteiger charge is 2.21. The van der Waals surface area contributed by atoms with Crippen molar-refractivity contribution in [3.63, 3.8) is 0 Å². The van der Waals surface area contributed by atoms with Gasteiger partial charge in [0.2, 0.25) is 5.91 Å². The monoisotopic (exact) mass is 439 g/mol. The smallest absolute Gasteiger partial charge is 0.279 e. The maximum absolute atomic E-state index is 12.5. The molecule has 162 valence electrons. The Balaban J connectivity index is 1.34. The van der Waals surface area contributed by atoms with E-state index in [0.717, 1.165) is 53.7 Å². The van der Waals surface area contributed by atoms with E-state index in [4.69, 9.17) is 0 Å². The second kappa shape index (κ2) is 9.30. The first-order chi connectivity index (χ1) is 15.0. The molecule has 1 aromatic carbocycles. The number of fused-ring (bicyclic) bond motifs is 1. The Morgan fingerprint density at radius 3 is 2.58 bits per heavy atom. The number of benzene rings is 1. The lowest BCUT2D eigenvalue weighted by molar-refractivity contribution is -0.129. The third-order valence-corrected chi connectivity index (χ3v) is 6.59. The van der Waals surface area contributed by atoms with Gasteiger partial charge in [0.05, 0.1) is 22.8 Å². The maximum Gasteiger partial charge on any atom is 0.279 e. The van der Waals surface area contributed by atoms with E-state index in [1.165, 1.54) is 11.3 Å². The molecule has 1 fully saturated rings. The summed E-state index contributed by atoms with van der Waals surface area (Å²) in [5, 5.41) is 8.11. The molecule has 2 aromatic heterocycles. The number of carbonyl (C=O) groups is 3. The number of rotatable bonds is 5. The second-order valence-electron chi connectivity index (χ2n) is 7.72. The highest BCUT2D eigenvalue weighted by Crippen LogP contribution is 2.30. The number of nitrogens with zero attached hydrogens (tertiary/aromatic N) is 2. The molecule has 0 saturated heterocycles. The Morgan fingerprint density at radius 1 is 1.10 bits per heavy atom. The van der Waals surface area contributed by atoms with Crippen molar-refractivity contribution >= 4 is 39.3 Å². The summed E-state index contributed by atoms with van der Waals surface area (Å²) in [4.78, 5) is 38.0. The van der Waals surface area contributed by atoms with E-state index in [1.54, 1.807) is 6.07 Å². The molecular weight excluding hydrogens is 414 g/mol. The van der Waals surface area contributed by atoms with Gasteiger partial charge in [-0.2, -0.15) is 5.10 Å². The summed E-state index contributed by atoms with van der Waals surface area (Å²) in [7, 11) is 0. The third kappa shape index (κ3) is 4.77. The van der Waals surface area contributed by atoms with E-state index in [-0.39, 0.29) is 18.4 Å². The minimum absolute atomic E-state index is 0.0119. The molecule has 0 aliphatic heterocycles. The highest BCUT2D eigenvalue weighted by molar-refractivity contribution is 7.20. The molecule has 2 heterocycles. The van der Waals surface area contributed by atoms with Crippen molar-refractivity contribution in [1.29, 1.82) is 0 Å². The van der Waals surface area contributed by atoms with E-state index in [2.05, 4.69) is 21.3 Å². The number of hydrogen-bond donors (Lipinski definition) is 3. The van der Waals surface area contributed by atoms with E-state index < -0.39 is 11.8 Å². The molecule has 1 aliphatic carbocycles. The van der Waals surface area contributed by atoms with Crippen LogP contribution in [-0.2, 0) is 9.59 Å². The summed E-state index contributed by atoms with van der Waals surface area (Å²) in [5.74, 6) is -0.980. The lowest BCUT2D eigenvalue weighted by Crippen LogP contribution is -2.47. The summed E-state index contributed by atoms with van der Waals surface area (Å²) >= 11 is 1.30. The van der Waals surface area contributed by atoms with Gasteiger partial charge >= 0.3 is 0 Å². The molecule has 1 aliphatic rings. The van der Waals surface area contributed by atoms with Crippen molar-refractivity contribution in [3.05, 3.63) is 47.0 Å². The van der Waals surface area contributed by atoms with Gasteiger partial charge in [0, 0.05) is 11.3 Å². The number of nitrogens with one attached hydrogen (secondary N) is 3. The zero-order valence-corrected chi connectivity index (χ0v) is 18.1. The Bertz CT molecular complexity index is 1100. The Morgan fingerprint density at radius 2 is 1.84 bits per heavy atom. The van der Waals surface area contributed by atoms with Crippen molar-refractivity contribution < 1.29 is 14.4 Å². The Kier molecular flexibility index (Phi) is 6.31. The molecule has 8 nitrogen and oxygen atoms in total. The summed E-state index contributed by atoms with van der Waals surface area (Å²) in [6.07, 6.45) is 5.01. The molecule has 0 unspecified atom stereocenters. The van der Waals surface area contributed by atoms with Crippen LogP contribution in [0.2, 0.25) is 0 Å². The third-order valence-electron chi connectivity index (χ3n) is 5.48. The van der Waals surface area contributed by atoms with Gasteiger partial charge in [-0.15, -0.1) is 11.3 Å². The Labute approximate surface area is 184 Å². The number of amides is 3. The molecule has 0 bridgehead atoms. The first-order valence-corrected chi connectivity index (χ1v) is 11.3. The predicted octanol–water partition coefficient (Wildman–Crippen LogP) is 2.85. The van der Waals surface area contributed by atoms with E-state index in [1.807, 2.05) is 41.9 Å². The fraction of sp³-hybridized carbons (Fsp3) is 0.364. The summed E-state index contributed by atoms with van der Waals surface area (Å²) in [6.45, 7) is 1.73. The van der Waals surface area contributed by atoms with Crippen LogP contribution in [-0.4, -0.2) is 34.0 Å². The maximum atomic E-state index is 12.5. The largest absolute Gasteiger partial charge is 0.347 e. The molecule has 0 spiro atoms. The normalized spacial score (nSPS) is 14.4. The van der Waals surface area contributed by atoms with Crippen LogP contribution < -0.4 is 16.2 Å². The molecule has 3 N–H and O–H groups in total. The zero-order valence-electron chi connectivity index (χ0n) is 17.3. The SMILES string of the molecule is Cc1nn(-c2ccccc2)c2sc(C(=O)NNC(=O)CNC(=O)C3CCCCC3)cc12. The van der Waals surface area contributed by atoms with Gasteiger partial charge < -0.3 is 5.32 Å². The standard InChI is InChI=1S/C22H25N5O3S/c1-14-17-12-18(31-22(17)27(26-14)16-10-6-3-7-11-16)21(30)25-24-19(28)13-23-20(29)15-8-4-2-5-9-15/h3,6-7,10-12,15H,2,4-5,8-9,13H2,1H3,(H,23,29)(H,24,28)(H,25,30). The van der Waals surface area contributed by atoms with Gasteiger partial charge in [-0.05, 0) is 38.0 Å². The number of hydrogen-bond acceptors (Lipinski definition) is 5. The molecule has 3 amide bonds. The van der Waals surface area contributed by atoms with Gasteiger partial charge in [-0.1, -0.05) is 37.5 Å². The van der Waals surface area contributed by atoms with Gasteiger partial charge in [0.25, 0.3) is 11.8 Å². The second-order valence-corrected chi connectivity index (χ2v) is 8.75. The van der Waals surface area contributed by atoms with Crippen LogP contribution in [0.25, 0.3) is 15.9 Å². The number of carbonyl (C=O) groups excluding carboxylic acids is 3. The lowest BCUT2D eigenvalue weighted by Gasteiger charge is -2.20. The minimum atomic E-state index is -0.467.